The van der Waals surface area contributed by atoms with Crippen LogP contribution in [-0.4, -0.2) is 35.4 Å². The molecule has 1 rings (SSSR count). The van der Waals surface area contributed by atoms with Gasteiger partial charge in [0.15, 0.2) is 0 Å². The van der Waals surface area contributed by atoms with Crippen molar-refractivity contribution >= 4 is 17.7 Å². The molecule has 0 aromatic carbocycles. The van der Waals surface area contributed by atoms with E-state index in [1.165, 1.54) is 18.2 Å². The van der Waals surface area contributed by atoms with Crippen LogP contribution in [0.5, 0.6) is 0 Å². The lowest BCUT2D eigenvalue weighted by molar-refractivity contribution is -0.192. The van der Waals surface area contributed by atoms with Gasteiger partial charge in [-0.2, -0.15) is 13.2 Å². The summed E-state index contributed by atoms with van der Waals surface area (Å²) in [5.74, 6) is -0.285. The highest BCUT2D eigenvalue weighted by atomic mass is 32.2. The highest BCUT2D eigenvalue weighted by Gasteiger charge is 2.38. The van der Waals surface area contributed by atoms with Gasteiger partial charge in [-0.3, -0.25) is 0 Å². The first-order valence-electron chi connectivity index (χ1n) is 3.03. The molecule has 7 heteroatoms. The summed E-state index contributed by atoms with van der Waals surface area (Å²) in [5, 5.41) is 10.3. The monoisotopic (exact) mass is 203 g/mol. The Labute approximate surface area is 71.3 Å². The van der Waals surface area contributed by atoms with Gasteiger partial charge in [0.05, 0.1) is 0 Å². The van der Waals surface area contributed by atoms with Crippen molar-refractivity contribution in [3.8, 4) is 0 Å². The van der Waals surface area contributed by atoms with Gasteiger partial charge in [-0.25, -0.2) is 4.79 Å². The Morgan fingerprint density at radius 1 is 1.50 bits per heavy atom. The molecule has 1 heterocycles. The molecule has 0 radical (unpaired) electrons. The smallest absolute Gasteiger partial charge is 0.475 e. The topological polar surface area (TPSA) is 49.3 Å². The second kappa shape index (κ2) is 5.26. The van der Waals surface area contributed by atoms with Gasteiger partial charge < -0.3 is 10.4 Å². The van der Waals surface area contributed by atoms with Crippen LogP contribution in [0, 0.1) is 0 Å². The van der Waals surface area contributed by atoms with Crippen LogP contribution in [0.1, 0.15) is 0 Å². The van der Waals surface area contributed by atoms with Crippen molar-refractivity contribution < 1.29 is 23.1 Å². The third kappa shape index (κ3) is 6.29. The third-order valence-electron chi connectivity index (χ3n) is 0.870. The summed E-state index contributed by atoms with van der Waals surface area (Å²) in [5.41, 5.74) is 0. The summed E-state index contributed by atoms with van der Waals surface area (Å²) in [6.45, 7) is 1.21. The Morgan fingerprint density at radius 2 is 2.00 bits per heavy atom. The van der Waals surface area contributed by atoms with E-state index in [2.05, 4.69) is 5.32 Å². The van der Waals surface area contributed by atoms with Gasteiger partial charge in [-0.15, -0.1) is 11.8 Å². The lowest BCUT2D eigenvalue weighted by Gasteiger charge is -1.93. The zero-order valence-electron chi connectivity index (χ0n) is 6.02. The van der Waals surface area contributed by atoms with E-state index in [4.69, 9.17) is 9.90 Å². The molecule has 3 nitrogen and oxygen atoms in total. The molecule has 1 saturated heterocycles. The first kappa shape index (κ1) is 11.6. The number of hydrogen-bond donors (Lipinski definition) is 2. The van der Waals surface area contributed by atoms with Crippen LogP contribution in [0.3, 0.4) is 0 Å². The molecule has 72 valence electrons. The van der Waals surface area contributed by atoms with Crippen LogP contribution < -0.4 is 5.32 Å². The first-order valence-corrected chi connectivity index (χ1v) is 4.18. The maximum absolute atomic E-state index is 10.6. The van der Waals surface area contributed by atoms with E-state index < -0.39 is 12.1 Å². The summed E-state index contributed by atoms with van der Waals surface area (Å²) >= 11 is 1.96. The Balaban J connectivity index is 0.000000211. The van der Waals surface area contributed by atoms with Crippen molar-refractivity contribution in [1.29, 1.82) is 0 Å². The van der Waals surface area contributed by atoms with E-state index >= 15 is 0 Å². The van der Waals surface area contributed by atoms with Crippen LogP contribution in [0.4, 0.5) is 13.2 Å². The number of aliphatic carboxylic acids is 1. The Hall–Kier alpha value is -0.430. The molecular weight excluding hydrogens is 195 g/mol. The number of halogens is 3. The maximum Gasteiger partial charge on any atom is 0.490 e. The molecule has 0 amide bonds. The highest BCUT2D eigenvalue weighted by Crippen LogP contribution is 2.13. The summed E-state index contributed by atoms with van der Waals surface area (Å²) in [6, 6.07) is 0. The first-order chi connectivity index (χ1) is 5.44. The largest absolute Gasteiger partial charge is 0.490 e. The molecule has 0 bridgehead atoms. The van der Waals surface area contributed by atoms with Gasteiger partial charge in [0.25, 0.3) is 0 Å². The van der Waals surface area contributed by atoms with Crippen molar-refractivity contribution in [2.24, 2.45) is 0 Å². The predicted molar refractivity (Wildman–Crippen MR) is 39.0 cm³/mol. The molecule has 0 aliphatic carbocycles. The number of hydrogen-bond acceptors (Lipinski definition) is 3. The minimum absolute atomic E-state index is 1.17. The normalized spacial score (nSPS) is 16.6. The zero-order valence-corrected chi connectivity index (χ0v) is 6.84. The van der Waals surface area contributed by atoms with E-state index in [-0.39, 0.29) is 0 Å². The van der Waals surface area contributed by atoms with Crippen LogP contribution in [-0.2, 0) is 4.79 Å². The molecule has 0 atom stereocenters. The molecule has 12 heavy (non-hydrogen) atoms. The highest BCUT2D eigenvalue weighted by molar-refractivity contribution is 7.99. The van der Waals surface area contributed by atoms with E-state index in [0.717, 1.165) is 0 Å². The average molecular weight is 203 g/mol. The molecule has 0 aromatic rings. The Kier molecular flexibility index (Phi) is 5.07. The molecular formula is C5H8F3NO2S. The molecule has 1 fully saturated rings. The van der Waals surface area contributed by atoms with Crippen LogP contribution in [0.25, 0.3) is 0 Å². The zero-order chi connectivity index (χ0) is 9.61. The summed E-state index contributed by atoms with van der Waals surface area (Å²) in [4.78, 5) is 8.90. The molecule has 2 N–H and O–H groups in total. The average Bonchev–Trinajstić information content (AvgIpc) is 2.39. The van der Waals surface area contributed by atoms with Gasteiger partial charge in [-0.05, 0) is 0 Å². The second-order valence-electron chi connectivity index (χ2n) is 1.86. The van der Waals surface area contributed by atoms with Crippen molar-refractivity contribution in [3.63, 3.8) is 0 Å². The fraction of sp³-hybridized carbons (Fsp3) is 0.800. The van der Waals surface area contributed by atoms with Gasteiger partial charge in [0, 0.05) is 18.2 Å². The SMILES string of the molecule is C1CSCN1.O=C(O)C(F)(F)F. The van der Waals surface area contributed by atoms with Crippen molar-refractivity contribution in [2.45, 2.75) is 6.18 Å². The standard InChI is InChI=1S/C3H7NS.C2HF3O2/c1-2-5-3-4-1;3-2(4,5)1(6)7/h4H,1-3H2;(H,6,7). The Bertz CT molecular complexity index is 139. The number of carboxylic acid groups (broad SMARTS) is 1. The van der Waals surface area contributed by atoms with Crippen molar-refractivity contribution in [2.75, 3.05) is 18.2 Å². The van der Waals surface area contributed by atoms with E-state index in [0.29, 0.717) is 0 Å². The number of rotatable bonds is 0. The van der Waals surface area contributed by atoms with Gasteiger partial charge in [0.2, 0.25) is 0 Å². The fourth-order valence-electron chi connectivity index (χ4n) is 0.361. The number of carboxylic acids is 1. The van der Waals surface area contributed by atoms with Crippen molar-refractivity contribution in [1.82, 2.24) is 5.32 Å². The molecule has 0 saturated carbocycles. The van der Waals surface area contributed by atoms with E-state index in [9.17, 15) is 13.2 Å². The quantitative estimate of drug-likeness (QED) is 0.614. The summed E-state index contributed by atoms with van der Waals surface area (Å²) < 4.78 is 31.7. The van der Waals surface area contributed by atoms with Crippen LogP contribution in [0.15, 0.2) is 0 Å². The number of thioether (sulfide) groups is 1. The Morgan fingerprint density at radius 3 is 2.08 bits per heavy atom. The predicted octanol–water partition coefficient (Wildman–Crippen LogP) is 0.914. The minimum atomic E-state index is -5.08. The number of nitrogens with one attached hydrogen (secondary N) is 1. The van der Waals surface area contributed by atoms with Crippen LogP contribution >= 0.6 is 11.8 Å². The minimum Gasteiger partial charge on any atom is -0.475 e. The van der Waals surface area contributed by atoms with Gasteiger partial charge >= 0.3 is 12.1 Å². The molecule has 0 aromatic heterocycles. The molecule has 1 aliphatic rings. The van der Waals surface area contributed by atoms with Gasteiger partial charge in [-0.1, -0.05) is 0 Å². The molecule has 0 unspecified atom stereocenters. The lowest BCUT2D eigenvalue weighted by Crippen LogP contribution is -2.21. The van der Waals surface area contributed by atoms with Crippen LogP contribution in [0.2, 0.25) is 0 Å². The number of alkyl halides is 3. The third-order valence-corrected chi connectivity index (χ3v) is 1.77. The van der Waals surface area contributed by atoms with E-state index in [1.807, 2.05) is 11.8 Å². The van der Waals surface area contributed by atoms with Crippen molar-refractivity contribution in [3.05, 3.63) is 0 Å². The van der Waals surface area contributed by atoms with Gasteiger partial charge in [0.1, 0.15) is 0 Å². The molecule has 0 spiro atoms. The summed E-state index contributed by atoms with van der Waals surface area (Å²) in [7, 11) is 0. The summed E-state index contributed by atoms with van der Waals surface area (Å²) in [6.07, 6.45) is -5.08. The van der Waals surface area contributed by atoms with E-state index in [1.54, 1.807) is 0 Å². The maximum atomic E-state index is 10.6. The fourth-order valence-corrected chi connectivity index (χ4v) is 1.08. The number of carbonyl (C=O) groups is 1. The second-order valence-corrected chi connectivity index (χ2v) is 2.96. The lowest BCUT2D eigenvalue weighted by atomic mass is 10.7. The molecule has 1 aliphatic heterocycles.